The summed E-state index contributed by atoms with van der Waals surface area (Å²) < 4.78 is 1.41. The fraction of sp³-hybridized carbons (Fsp3) is 0. The van der Waals surface area contributed by atoms with Crippen LogP contribution in [0.15, 0.2) is 45.3 Å². The highest BCUT2D eigenvalue weighted by atomic mass is 79.9. The second-order valence-corrected chi connectivity index (χ2v) is 4.89. The summed E-state index contributed by atoms with van der Waals surface area (Å²) in [4.78, 5) is 0. The van der Waals surface area contributed by atoms with Crippen molar-refractivity contribution in [3.8, 4) is 22.6 Å². The highest BCUT2D eigenvalue weighted by molar-refractivity contribution is 9.13. The predicted octanol–water partition coefficient (Wildman–Crippen LogP) is 4.29. The van der Waals surface area contributed by atoms with Crippen LogP contribution in [-0.2, 0) is 0 Å². The maximum absolute atomic E-state index is 9.50. The molecule has 0 heterocycles. The summed E-state index contributed by atoms with van der Waals surface area (Å²) >= 11 is 6.71. The number of benzene rings is 2. The van der Waals surface area contributed by atoms with Gasteiger partial charge in [0.1, 0.15) is 11.5 Å². The third-order valence-corrected chi connectivity index (χ3v) is 4.40. The Bertz CT molecular complexity index is 521. The van der Waals surface area contributed by atoms with E-state index in [2.05, 4.69) is 31.9 Å². The Morgan fingerprint density at radius 1 is 0.750 bits per heavy atom. The van der Waals surface area contributed by atoms with Crippen molar-refractivity contribution < 1.29 is 10.2 Å². The Hall–Kier alpha value is -1.00. The van der Waals surface area contributed by atoms with Gasteiger partial charge in [-0.15, -0.1) is 0 Å². The summed E-state index contributed by atoms with van der Waals surface area (Å²) in [5.41, 5.74) is 1.91. The molecule has 82 valence electrons. The van der Waals surface area contributed by atoms with Crippen LogP contribution in [-0.4, -0.2) is 10.2 Å². The first kappa shape index (κ1) is 11.5. The number of aromatic hydroxyl groups is 2. The highest BCUT2D eigenvalue weighted by Crippen LogP contribution is 2.39. The fourth-order valence-corrected chi connectivity index (χ4v) is 2.31. The standard InChI is InChI=1S/C12H8Br2O2/c13-11-9(5-6-10(16)12(11)14)7-1-3-8(15)4-2-7/h1-6,15-16H. The van der Waals surface area contributed by atoms with Crippen molar-refractivity contribution in [1.29, 1.82) is 0 Å². The highest BCUT2D eigenvalue weighted by Gasteiger charge is 2.09. The summed E-state index contributed by atoms with van der Waals surface area (Å²) in [6.07, 6.45) is 0. The minimum Gasteiger partial charge on any atom is -0.508 e. The molecule has 0 aliphatic carbocycles. The Morgan fingerprint density at radius 3 is 2.00 bits per heavy atom. The van der Waals surface area contributed by atoms with Crippen molar-refractivity contribution in [2.45, 2.75) is 0 Å². The van der Waals surface area contributed by atoms with Gasteiger partial charge in [0.15, 0.2) is 0 Å². The van der Waals surface area contributed by atoms with Gasteiger partial charge in [0.2, 0.25) is 0 Å². The minimum absolute atomic E-state index is 0.189. The van der Waals surface area contributed by atoms with Gasteiger partial charge in [-0.25, -0.2) is 0 Å². The molecule has 2 nitrogen and oxygen atoms in total. The molecule has 0 aliphatic rings. The molecular formula is C12H8Br2O2. The first-order valence-electron chi connectivity index (χ1n) is 4.56. The molecule has 0 bridgehead atoms. The fourth-order valence-electron chi connectivity index (χ4n) is 1.40. The molecule has 2 N–H and O–H groups in total. The van der Waals surface area contributed by atoms with Crippen LogP contribution in [0.4, 0.5) is 0 Å². The van der Waals surface area contributed by atoms with Gasteiger partial charge in [0, 0.05) is 4.47 Å². The Kier molecular flexibility index (Phi) is 3.21. The van der Waals surface area contributed by atoms with Crippen molar-refractivity contribution in [1.82, 2.24) is 0 Å². The lowest BCUT2D eigenvalue weighted by Crippen LogP contribution is -1.81. The molecule has 0 unspecified atom stereocenters. The number of phenolic OH excluding ortho intramolecular Hbond substituents is 2. The van der Waals surface area contributed by atoms with Crippen LogP contribution in [0.25, 0.3) is 11.1 Å². The smallest absolute Gasteiger partial charge is 0.130 e. The van der Waals surface area contributed by atoms with Gasteiger partial charge in [-0.05, 0) is 67.3 Å². The predicted molar refractivity (Wildman–Crippen MR) is 70.6 cm³/mol. The number of rotatable bonds is 1. The second kappa shape index (κ2) is 4.47. The first-order chi connectivity index (χ1) is 7.59. The minimum atomic E-state index is 0.189. The average Bonchev–Trinajstić information content (AvgIpc) is 2.28. The zero-order valence-electron chi connectivity index (χ0n) is 8.11. The van der Waals surface area contributed by atoms with E-state index in [9.17, 15) is 10.2 Å². The molecule has 0 fully saturated rings. The van der Waals surface area contributed by atoms with Crippen LogP contribution in [0, 0.1) is 0 Å². The molecular weight excluding hydrogens is 336 g/mol. The molecule has 0 saturated carbocycles. The van der Waals surface area contributed by atoms with Gasteiger partial charge in [0.25, 0.3) is 0 Å². The molecule has 2 aromatic rings. The van der Waals surface area contributed by atoms with Crippen LogP contribution in [0.1, 0.15) is 0 Å². The molecule has 0 atom stereocenters. The lowest BCUT2D eigenvalue weighted by atomic mass is 10.1. The molecule has 2 rings (SSSR count). The molecule has 0 aromatic heterocycles. The third kappa shape index (κ3) is 2.08. The molecule has 0 aliphatic heterocycles. The van der Waals surface area contributed by atoms with Crippen molar-refractivity contribution in [2.75, 3.05) is 0 Å². The first-order valence-corrected chi connectivity index (χ1v) is 6.14. The molecule has 0 saturated heterocycles. The average molecular weight is 344 g/mol. The topological polar surface area (TPSA) is 40.5 Å². The van der Waals surface area contributed by atoms with Gasteiger partial charge in [-0.1, -0.05) is 12.1 Å². The van der Waals surface area contributed by atoms with Crippen molar-refractivity contribution >= 4 is 31.9 Å². The molecule has 0 spiro atoms. The van der Waals surface area contributed by atoms with Crippen LogP contribution in [0.3, 0.4) is 0 Å². The van der Waals surface area contributed by atoms with E-state index < -0.39 is 0 Å². The third-order valence-electron chi connectivity index (χ3n) is 2.24. The van der Waals surface area contributed by atoms with Gasteiger partial charge >= 0.3 is 0 Å². The zero-order valence-corrected chi connectivity index (χ0v) is 11.3. The maximum atomic E-state index is 9.50. The van der Waals surface area contributed by atoms with Crippen LogP contribution < -0.4 is 0 Å². The van der Waals surface area contributed by atoms with Crippen LogP contribution >= 0.6 is 31.9 Å². The number of halogens is 2. The van der Waals surface area contributed by atoms with Crippen molar-refractivity contribution in [2.24, 2.45) is 0 Å². The summed E-state index contributed by atoms with van der Waals surface area (Å²) in [6, 6.07) is 10.3. The molecule has 0 amide bonds. The monoisotopic (exact) mass is 342 g/mol. The normalized spacial score (nSPS) is 10.4. The zero-order chi connectivity index (χ0) is 11.7. The largest absolute Gasteiger partial charge is 0.508 e. The number of hydrogen-bond donors (Lipinski definition) is 2. The molecule has 0 radical (unpaired) electrons. The maximum Gasteiger partial charge on any atom is 0.130 e. The molecule has 4 heteroatoms. The summed E-state index contributed by atoms with van der Waals surface area (Å²) in [5.74, 6) is 0.423. The molecule has 16 heavy (non-hydrogen) atoms. The van der Waals surface area contributed by atoms with Crippen molar-refractivity contribution in [3.63, 3.8) is 0 Å². The number of hydrogen-bond acceptors (Lipinski definition) is 2. The Balaban J connectivity index is 2.57. The number of phenols is 2. The van der Waals surface area contributed by atoms with E-state index in [0.29, 0.717) is 4.47 Å². The van der Waals surface area contributed by atoms with Crippen LogP contribution in [0.2, 0.25) is 0 Å². The van der Waals surface area contributed by atoms with E-state index in [1.54, 1.807) is 18.2 Å². The van der Waals surface area contributed by atoms with E-state index in [0.717, 1.165) is 15.6 Å². The quantitative estimate of drug-likeness (QED) is 0.810. The Labute approximate surface area is 110 Å². The van der Waals surface area contributed by atoms with Gasteiger partial charge < -0.3 is 10.2 Å². The second-order valence-electron chi connectivity index (χ2n) is 3.31. The van der Waals surface area contributed by atoms with Gasteiger partial charge in [-0.3, -0.25) is 0 Å². The van der Waals surface area contributed by atoms with Gasteiger partial charge in [-0.2, -0.15) is 0 Å². The lowest BCUT2D eigenvalue weighted by molar-refractivity contribution is 0.471. The van der Waals surface area contributed by atoms with Crippen LogP contribution in [0.5, 0.6) is 11.5 Å². The SMILES string of the molecule is Oc1ccc(-c2ccc(O)c(Br)c2Br)cc1. The van der Waals surface area contributed by atoms with E-state index >= 15 is 0 Å². The van der Waals surface area contributed by atoms with E-state index in [4.69, 9.17) is 0 Å². The lowest BCUT2D eigenvalue weighted by Gasteiger charge is -2.08. The summed E-state index contributed by atoms with van der Waals surface area (Å²) in [7, 11) is 0. The molecule has 2 aromatic carbocycles. The van der Waals surface area contributed by atoms with Gasteiger partial charge in [0.05, 0.1) is 4.47 Å². The van der Waals surface area contributed by atoms with E-state index in [-0.39, 0.29) is 11.5 Å². The summed E-state index contributed by atoms with van der Waals surface area (Å²) in [6.45, 7) is 0. The van der Waals surface area contributed by atoms with E-state index in [1.165, 1.54) is 0 Å². The Morgan fingerprint density at radius 2 is 1.38 bits per heavy atom. The van der Waals surface area contributed by atoms with Crippen molar-refractivity contribution in [3.05, 3.63) is 45.3 Å². The van der Waals surface area contributed by atoms with E-state index in [1.807, 2.05) is 18.2 Å². The summed E-state index contributed by atoms with van der Waals surface area (Å²) in [5, 5.41) is 18.7.